The molecule has 0 spiro atoms. The molecule has 0 radical (unpaired) electrons. The fourth-order valence-electron chi connectivity index (χ4n) is 2.69. The molecule has 24 heavy (non-hydrogen) atoms. The number of nitrogens with zero attached hydrogens (tertiary/aromatic N) is 3. The van der Waals surface area contributed by atoms with E-state index in [0.717, 1.165) is 34.4 Å². The van der Waals surface area contributed by atoms with Crippen molar-refractivity contribution in [3.05, 3.63) is 47.3 Å². The van der Waals surface area contributed by atoms with Gasteiger partial charge in [0.05, 0.1) is 6.10 Å². The van der Waals surface area contributed by atoms with Gasteiger partial charge in [0.25, 0.3) is 0 Å². The highest BCUT2D eigenvalue weighted by Crippen LogP contribution is 2.26. The molecule has 0 saturated carbocycles. The van der Waals surface area contributed by atoms with Gasteiger partial charge in [-0.2, -0.15) is 0 Å². The van der Waals surface area contributed by atoms with Gasteiger partial charge in [0.15, 0.2) is 5.16 Å². The van der Waals surface area contributed by atoms with Crippen molar-refractivity contribution in [3.8, 4) is 0 Å². The predicted molar refractivity (Wildman–Crippen MR) is 98.6 cm³/mol. The van der Waals surface area contributed by atoms with Crippen molar-refractivity contribution < 1.29 is 4.74 Å². The Morgan fingerprint density at radius 3 is 2.46 bits per heavy atom. The van der Waals surface area contributed by atoms with E-state index in [0.29, 0.717) is 0 Å². The van der Waals surface area contributed by atoms with Gasteiger partial charge in [-0.3, -0.25) is 5.32 Å². The van der Waals surface area contributed by atoms with Gasteiger partial charge in [-0.05, 0) is 37.6 Å². The molecule has 1 aromatic carbocycles. The second-order valence-electron chi connectivity index (χ2n) is 6.28. The predicted octanol–water partition coefficient (Wildman–Crippen LogP) is 2.94. The summed E-state index contributed by atoms with van der Waals surface area (Å²) in [5.41, 5.74) is 4.37. The molecule has 1 aliphatic heterocycles. The molecule has 1 N–H and O–H groups in total. The van der Waals surface area contributed by atoms with E-state index < -0.39 is 0 Å². The summed E-state index contributed by atoms with van der Waals surface area (Å²) in [7, 11) is 4.09. The number of aromatic nitrogens is 2. The van der Waals surface area contributed by atoms with E-state index in [1.807, 2.05) is 34.0 Å². The SMILES string of the molecule is Cc1cc(C)nc(SC[C@H]2CN[C@@H](c3ccc(N(C)C)cc3)O2)n1. The van der Waals surface area contributed by atoms with Crippen LogP contribution in [0.5, 0.6) is 0 Å². The third-order valence-electron chi connectivity index (χ3n) is 3.93. The lowest BCUT2D eigenvalue weighted by Gasteiger charge is -2.16. The molecular formula is C18H24N4OS. The molecule has 0 bridgehead atoms. The lowest BCUT2D eigenvalue weighted by atomic mass is 10.2. The van der Waals surface area contributed by atoms with Gasteiger partial charge in [-0.25, -0.2) is 9.97 Å². The molecule has 1 saturated heterocycles. The highest BCUT2D eigenvalue weighted by Gasteiger charge is 2.26. The molecule has 2 aromatic rings. The molecular weight excluding hydrogens is 320 g/mol. The average Bonchev–Trinajstić information content (AvgIpc) is 3.01. The highest BCUT2D eigenvalue weighted by molar-refractivity contribution is 7.99. The highest BCUT2D eigenvalue weighted by atomic mass is 32.2. The fourth-order valence-corrected chi connectivity index (χ4v) is 3.64. The molecule has 128 valence electrons. The Morgan fingerprint density at radius 1 is 1.17 bits per heavy atom. The second-order valence-corrected chi connectivity index (χ2v) is 7.26. The van der Waals surface area contributed by atoms with Gasteiger partial charge < -0.3 is 9.64 Å². The number of ether oxygens (including phenoxy) is 1. The van der Waals surface area contributed by atoms with Crippen LogP contribution in [0.2, 0.25) is 0 Å². The van der Waals surface area contributed by atoms with E-state index in [-0.39, 0.29) is 12.3 Å². The fraction of sp³-hybridized carbons (Fsp3) is 0.444. The summed E-state index contributed by atoms with van der Waals surface area (Å²) in [6, 6.07) is 10.5. The Balaban J connectivity index is 1.55. The second kappa shape index (κ2) is 7.51. The molecule has 1 aromatic heterocycles. The van der Waals surface area contributed by atoms with Crippen molar-refractivity contribution in [3.63, 3.8) is 0 Å². The molecule has 5 nitrogen and oxygen atoms in total. The van der Waals surface area contributed by atoms with Crippen LogP contribution < -0.4 is 10.2 Å². The number of rotatable bonds is 5. The zero-order chi connectivity index (χ0) is 17.1. The lowest BCUT2D eigenvalue weighted by Crippen LogP contribution is -2.17. The number of hydrogen-bond acceptors (Lipinski definition) is 6. The first-order valence-electron chi connectivity index (χ1n) is 8.12. The zero-order valence-electron chi connectivity index (χ0n) is 14.6. The van der Waals surface area contributed by atoms with Crippen molar-refractivity contribution in [2.24, 2.45) is 0 Å². The number of aryl methyl sites for hydroxylation is 2. The van der Waals surface area contributed by atoms with Crippen LogP contribution in [0.1, 0.15) is 23.2 Å². The Morgan fingerprint density at radius 2 is 1.83 bits per heavy atom. The van der Waals surface area contributed by atoms with E-state index in [2.05, 4.69) is 44.5 Å². The molecule has 1 aliphatic rings. The van der Waals surface area contributed by atoms with Crippen LogP contribution in [-0.2, 0) is 4.74 Å². The minimum atomic E-state index is -0.0352. The van der Waals surface area contributed by atoms with Crippen molar-refractivity contribution in [1.29, 1.82) is 0 Å². The van der Waals surface area contributed by atoms with E-state index in [4.69, 9.17) is 4.74 Å². The van der Waals surface area contributed by atoms with Crippen molar-refractivity contribution in [2.45, 2.75) is 31.3 Å². The van der Waals surface area contributed by atoms with Crippen molar-refractivity contribution in [2.75, 3.05) is 31.3 Å². The summed E-state index contributed by atoms with van der Waals surface area (Å²) in [5.74, 6) is 0.849. The molecule has 2 atom stereocenters. The quantitative estimate of drug-likeness (QED) is 0.665. The molecule has 0 unspecified atom stereocenters. The summed E-state index contributed by atoms with van der Waals surface area (Å²) in [6.45, 7) is 4.84. The normalized spacial score (nSPS) is 20.3. The van der Waals surface area contributed by atoms with Gasteiger partial charge in [-0.15, -0.1) is 0 Å². The number of anilines is 1. The van der Waals surface area contributed by atoms with Crippen LogP contribution in [0.15, 0.2) is 35.5 Å². The first-order chi connectivity index (χ1) is 11.5. The largest absolute Gasteiger partial charge is 0.378 e. The summed E-state index contributed by atoms with van der Waals surface area (Å²) in [5, 5.41) is 4.27. The molecule has 6 heteroatoms. The number of hydrogen-bond donors (Lipinski definition) is 1. The van der Waals surface area contributed by atoms with Crippen LogP contribution in [0.4, 0.5) is 5.69 Å². The van der Waals surface area contributed by atoms with Crippen LogP contribution in [0.25, 0.3) is 0 Å². The maximum atomic E-state index is 6.13. The monoisotopic (exact) mass is 344 g/mol. The smallest absolute Gasteiger partial charge is 0.188 e. The van der Waals surface area contributed by atoms with Gasteiger partial charge in [0, 0.05) is 43.5 Å². The van der Waals surface area contributed by atoms with E-state index >= 15 is 0 Å². The molecule has 0 aliphatic carbocycles. The Kier molecular flexibility index (Phi) is 5.38. The first kappa shape index (κ1) is 17.2. The standard InChI is InChI=1S/C18H24N4OS/c1-12-9-13(2)21-18(20-12)24-11-16-10-19-17(23-16)14-5-7-15(8-6-14)22(3)4/h5-9,16-17,19H,10-11H2,1-4H3/t16-,17-/m1/s1. The van der Waals surface area contributed by atoms with Crippen LogP contribution >= 0.6 is 11.8 Å². The van der Waals surface area contributed by atoms with E-state index in [9.17, 15) is 0 Å². The van der Waals surface area contributed by atoms with Crippen LogP contribution in [-0.4, -0.2) is 42.5 Å². The number of thioether (sulfide) groups is 1. The molecule has 0 amide bonds. The van der Waals surface area contributed by atoms with E-state index in [1.54, 1.807) is 11.8 Å². The van der Waals surface area contributed by atoms with Crippen molar-refractivity contribution >= 4 is 17.4 Å². The Bertz CT molecular complexity index is 670. The summed E-state index contributed by atoms with van der Waals surface area (Å²) in [4.78, 5) is 11.0. The number of benzene rings is 1. The Labute approximate surface area is 147 Å². The maximum absolute atomic E-state index is 6.13. The summed E-state index contributed by atoms with van der Waals surface area (Å²) < 4.78 is 6.13. The number of nitrogens with one attached hydrogen (secondary N) is 1. The lowest BCUT2D eigenvalue weighted by molar-refractivity contribution is 0.0534. The average molecular weight is 344 g/mol. The summed E-state index contributed by atoms with van der Waals surface area (Å²) >= 11 is 1.66. The van der Waals surface area contributed by atoms with Gasteiger partial charge in [0.2, 0.25) is 0 Å². The third-order valence-corrected chi connectivity index (χ3v) is 4.91. The third kappa shape index (κ3) is 4.26. The Hall–Kier alpha value is -1.63. The van der Waals surface area contributed by atoms with E-state index in [1.165, 1.54) is 5.69 Å². The summed E-state index contributed by atoms with van der Waals surface area (Å²) in [6.07, 6.45) is 0.130. The molecule has 3 rings (SSSR count). The van der Waals surface area contributed by atoms with Crippen molar-refractivity contribution in [1.82, 2.24) is 15.3 Å². The minimum Gasteiger partial charge on any atom is -0.378 e. The maximum Gasteiger partial charge on any atom is 0.188 e. The molecule has 1 fully saturated rings. The van der Waals surface area contributed by atoms with Crippen LogP contribution in [0.3, 0.4) is 0 Å². The zero-order valence-corrected chi connectivity index (χ0v) is 15.4. The topological polar surface area (TPSA) is 50.3 Å². The minimum absolute atomic E-state index is 0.0352. The van der Waals surface area contributed by atoms with Gasteiger partial charge >= 0.3 is 0 Å². The van der Waals surface area contributed by atoms with Crippen LogP contribution in [0, 0.1) is 13.8 Å². The first-order valence-corrected chi connectivity index (χ1v) is 9.11. The van der Waals surface area contributed by atoms with Gasteiger partial charge in [0.1, 0.15) is 6.23 Å². The molecule has 2 heterocycles. The van der Waals surface area contributed by atoms with Gasteiger partial charge in [-0.1, -0.05) is 23.9 Å².